The molecular weight excluding hydrogens is 434 g/mol. The quantitative estimate of drug-likeness (QED) is 0.660. The maximum absolute atomic E-state index is 13.2. The molecule has 164 valence electrons. The van der Waals surface area contributed by atoms with Crippen molar-refractivity contribution in [3.8, 4) is 0 Å². The van der Waals surface area contributed by atoms with Crippen LogP contribution in [0.1, 0.15) is 40.0 Å². The van der Waals surface area contributed by atoms with E-state index in [0.717, 1.165) is 20.6 Å². The molecule has 4 rings (SSSR count). The first-order valence-electron chi connectivity index (χ1n) is 10.1. The molecule has 0 radical (unpaired) electrons. The Kier molecular flexibility index (Phi) is 5.78. The van der Waals surface area contributed by atoms with Crippen molar-refractivity contribution in [2.45, 2.75) is 54.8 Å². The summed E-state index contributed by atoms with van der Waals surface area (Å²) < 4.78 is 0.837. The average molecular weight is 460 g/mol. The van der Waals surface area contributed by atoms with E-state index in [2.05, 4.69) is 41.6 Å². The Morgan fingerprint density at radius 2 is 2.03 bits per heavy atom. The molecule has 8 nitrogen and oxygen atoms in total. The SMILES string of the molecule is C[C@H]1CC(C)(C)C[C@]2(C1)NC(=O)N(CC(=O)Nc1ccc(Sc3nncs3)cc1)C2=O. The fourth-order valence-corrected chi connectivity index (χ4v) is 6.36. The number of nitrogens with one attached hydrogen (secondary N) is 2. The molecule has 0 bridgehead atoms. The molecular formula is C21H25N5O3S2. The second kappa shape index (κ2) is 8.23. The van der Waals surface area contributed by atoms with Crippen molar-refractivity contribution in [2.75, 3.05) is 11.9 Å². The lowest BCUT2D eigenvalue weighted by Crippen LogP contribution is -2.54. The molecule has 2 heterocycles. The molecule has 1 aromatic heterocycles. The largest absolute Gasteiger partial charge is 0.325 e. The highest BCUT2D eigenvalue weighted by molar-refractivity contribution is 8.01. The van der Waals surface area contributed by atoms with Gasteiger partial charge in [-0.2, -0.15) is 0 Å². The Labute approximate surface area is 189 Å². The summed E-state index contributed by atoms with van der Waals surface area (Å²) in [5.41, 5.74) is 1.32. The highest BCUT2D eigenvalue weighted by atomic mass is 32.2. The molecule has 1 saturated heterocycles. The number of benzene rings is 1. The van der Waals surface area contributed by atoms with Crippen LogP contribution in [0.25, 0.3) is 0 Å². The highest BCUT2D eigenvalue weighted by Gasteiger charge is 2.56. The molecule has 4 amide bonds. The number of amides is 4. The van der Waals surface area contributed by atoms with Gasteiger partial charge in [0.25, 0.3) is 5.91 Å². The van der Waals surface area contributed by atoms with Crippen molar-refractivity contribution in [2.24, 2.45) is 11.3 Å². The maximum Gasteiger partial charge on any atom is 0.325 e. The first-order valence-corrected chi connectivity index (χ1v) is 11.8. The van der Waals surface area contributed by atoms with Gasteiger partial charge >= 0.3 is 6.03 Å². The highest BCUT2D eigenvalue weighted by Crippen LogP contribution is 2.46. The summed E-state index contributed by atoms with van der Waals surface area (Å²) in [6, 6.07) is 6.81. The second-order valence-corrected chi connectivity index (χ2v) is 11.3. The van der Waals surface area contributed by atoms with Crippen LogP contribution in [-0.4, -0.2) is 45.0 Å². The van der Waals surface area contributed by atoms with Gasteiger partial charge in [0.15, 0.2) is 4.34 Å². The molecule has 1 saturated carbocycles. The fraction of sp³-hybridized carbons (Fsp3) is 0.476. The number of aromatic nitrogens is 2. The molecule has 10 heteroatoms. The summed E-state index contributed by atoms with van der Waals surface area (Å²) in [6.07, 6.45) is 2.19. The van der Waals surface area contributed by atoms with Crippen molar-refractivity contribution in [3.05, 3.63) is 29.8 Å². The van der Waals surface area contributed by atoms with E-state index < -0.39 is 17.5 Å². The molecule has 2 N–H and O–H groups in total. The standard InChI is InChI=1S/C21H25N5O3S2/c1-13-8-20(2,3)11-21(9-13)17(28)26(18(29)24-21)10-16(27)23-14-4-6-15(7-5-14)31-19-25-22-12-30-19/h4-7,12-13H,8-11H2,1-3H3,(H,23,27)(H,24,29)/t13-,21-/m0/s1. The van der Waals surface area contributed by atoms with Gasteiger partial charge in [0, 0.05) is 10.6 Å². The minimum Gasteiger partial charge on any atom is -0.325 e. The third kappa shape index (κ3) is 4.74. The molecule has 2 fully saturated rings. The van der Waals surface area contributed by atoms with Crippen molar-refractivity contribution >= 4 is 46.6 Å². The smallest absolute Gasteiger partial charge is 0.325 e. The monoisotopic (exact) mass is 459 g/mol. The predicted octanol–water partition coefficient (Wildman–Crippen LogP) is 3.76. The summed E-state index contributed by atoms with van der Waals surface area (Å²) in [6.45, 7) is 6.03. The van der Waals surface area contributed by atoms with Crippen LogP contribution < -0.4 is 10.6 Å². The number of nitrogens with zero attached hydrogens (tertiary/aromatic N) is 3. The van der Waals surface area contributed by atoms with Gasteiger partial charge in [0.05, 0.1) is 0 Å². The molecule has 2 aromatic rings. The molecule has 2 atom stereocenters. The van der Waals surface area contributed by atoms with Crippen molar-refractivity contribution < 1.29 is 14.4 Å². The third-order valence-corrected chi connectivity index (χ3v) is 7.39. The summed E-state index contributed by atoms with van der Waals surface area (Å²) in [5, 5.41) is 13.5. The Morgan fingerprint density at radius 3 is 2.68 bits per heavy atom. The van der Waals surface area contributed by atoms with Crippen LogP contribution in [0, 0.1) is 11.3 Å². The Morgan fingerprint density at radius 1 is 1.29 bits per heavy atom. The molecule has 0 unspecified atom stereocenters. The number of rotatable bonds is 5. The van der Waals surface area contributed by atoms with E-state index in [0.29, 0.717) is 24.4 Å². The first-order chi connectivity index (χ1) is 14.7. The van der Waals surface area contributed by atoms with Gasteiger partial charge in [0.1, 0.15) is 17.6 Å². The van der Waals surface area contributed by atoms with E-state index in [9.17, 15) is 14.4 Å². The van der Waals surface area contributed by atoms with Gasteiger partial charge in [-0.05, 0) is 54.9 Å². The summed E-state index contributed by atoms with van der Waals surface area (Å²) in [7, 11) is 0. The number of urea groups is 1. The number of carbonyl (C=O) groups is 3. The fourth-order valence-electron chi connectivity index (χ4n) is 4.91. The average Bonchev–Trinajstić information content (AvgIpc) is 3.24. The van der Waals surface area contributed by atoms with Crippen LogP contribution in [-0.2, 0) is 9.59 Å². The lowest BCUT2D eigenvalue weighted by Gasteiger charge is -2.43. The lowest BCUT2D eigenvalue weighted by molar-refractivity contribution is -0.136. The molecule has 1 spiro atoms. The predicted molar refractivity (Wildman–Crippen MR) is 119 cm³/mol. The van der Waals surface area contributed by atoms with Gasteiger partial charge < -0.3 is 10.6 Å². The van der Waals surface area contributed by atoms with Crippen LogP contribution in [0.15, 0.2) is 39.0 Å². The molecule has 1 aliphatic carbocycles. The lowest BCUT2D eigenvalue weighted by atomic mass is 9.64. The van der Waals surface area contributed by atoms with Crippen LogP contribution in [0.4, 0.5) is 10.5 Å². The minimum atomic E-state index is -0.901. The first kappa shape index (κ1) is 21.8. The zero-order valence-corrected chi connectivity index (χ0v) is 19.3. The number of carbonyl (C=O) groups excluding carboxylic acids is 3. The third-order valence-electron chi connectivity index (χ3n) is 5.61. The zero-order valence-electron chi connectivity index (χ0n) is 17.7. The number of hydrogen-bond acceptors (Lipinski definition) is 7. The zero-order chi connectivity index (χ0) is 22.2. The molecule has 1 aliphatic heterocycles. The van der Waals surface area contributed by atoms with E-state index >= 15 is 0 Å². The molecule has 1 aromatic carbocycles. The number of anilines is 1. The van der Waals surface area contributed by atoms with Gasteiger partial charge in [-0.3, -0.25) is 14.5 Å². The topological polar surface area (TPSA) is 104 Å². The molecule has 2 aliphatic rings. The van der Waals surface area contributed by atoms with E-state index in [4.69, 9.17) is 0 Å². The normalized spacial score (nSPS) is 25.0. The summed E-state index contributed by atoms with van der Waals surface area (Å²) in [5.74, 6) is -0.386. The van der Waals surface area contributed by atoms with Crippen LogP contribution in [0.5, 0.6) is 0 Å². The van der Waals surface area contributed by atoms with Crippen LogP contribution in [0.2, 0.25) is 0 Å². The number of hydrogen-bond donors (Lipinski definition) is 2. The van der Waals surface area contributed by atoms with Crippen LogP contribution in [0.3, 0.4) is 0 Å². The summed E-state index contributed by atoms with van der Waals surface area (Å²) in [4.78, 5) is 40.3. The van der Waals surface area contributed by atoms with E-state index in [1.807, 2.05) is 12.1 Å². The van der Waals surface area contributed by atoms with E-state index in [1.165, 1.54) is 23.1 Å². The maximum atomic E-state index is 13.2. The van der Waals surface area contributed by atoms with Gasteiger partial charge in [-0.1, -0.05) is 43.9 Å². The Balaban J connectivity index is 1.38. The minimum absolute atomic E-state index is 0.0483. The number of imide groups is 1. The van der Waals surface area contributed by atoms with Crippen molar-refractivity contribution in [3.63, 3.8) is 0 Å². The van der Waals surface area contributed by atoms with E-state index in [1.54, 1.807) is 17.6 Å². The Bertz CT molecular complexity index is 993. The Hall–Kier alpha value is -2.46. The summed E-state index contributed by atoms with van der Waals surface area (Å²) >= 11 is 2.94. The van der Waals surface area contributed by atoms with Gasteiger partial charge in [-0.25, -0.2) is 4.79 Å². The van der Waals surface area contributed by atoms with E-state index in [-0.39, 0.29) is 17.9 Å². The van der Waals surface area contributed by atoms with Crippen molar-refractivity contribution in [1.82, 2.24) is 20.4 Å². The second-order valence-electron chi connectivity index (χ2n) is 9.14. The van der Waals surface area contributed by atoms with Crippen molar-refractivity contribution in [1.29, 1.82) is 0 Å². The van der Waals surface area contributed by atoms with Crippen LogP contribution >= 0.6 is 23.1 Å². The van der Waals surface area contributed by atoms with Gasteiger partial charge in [-0.15, -0.1) is 10.2 Å². The molecule has 31 heavy (non-hydrogen) atoms. The van der Waals surface area contributed by atoms with Gasteiger partial charge in [0.2, 0.25) is 5.91 Å².